The molecule has 0 amide bonds. The molecule has 1 aliphatic heterocycles. The van der Waals surface area contributed by atoms with Crippen molar-refractivity contribution in [2.24, 2.45) is 22.9 Å². The van der Waals surface area contributed by atoms with Gasteiger partial charge in [-0.2, -0.15) is 0 Å². The van der Waals surface area contributed by atoms with Gasteiger partial charge in [-0.25, -0.2) is 0 Å². The number of fused-ring (bicyclic) bond motifs is 2. The monoisotopic (exact) mass is 721 g/mol. The predicted molar refractivity (Wildman–Crippen MR) is 204 cm³/mol. The molecule has 3 aliphatic carbocycles. The van der Waals surface area contributed by atoms with Crippen LogP contribution in [-0.2, 0) is 9.57 Å². The quantitative estimate of drug-likeness (QED) is 0.0644. The first-order valence-corrected chi connectivity index (χ1v) is 20.6. The first-order chi connectivity index (χ1) is 24.6. The second kappa shape index (κ2) is 18.4. The van der Waals surface area contributed by atoms with Crippen molar-refractivity contribution in [3.63, 3.8) is 0 Å². The van der Waals surface area contributed by atoms with Gasteiger partial charge in [-0.1, -0.05) is 61.2 Å². The number of nitrogens with zero attached hydrogens (tertiary/aromatic N) is 1. The minimum absolute atomic E-state index is 0.0206. The fraction of sp³-hybridized carbons (Fsp3) is 0.585. The Balaban J connectivity index is 1.43. The molecule has 2 aromatic carbocycles. The van der Waals surface area contributed by atoms with Gasteiger partial charge in [0.25, 0.3) is 0 Å². The van der Waals surface area contributed by atoms with Gasteiger partial charge < -0.3 is 29.3 Å². The van der Waals surface area contributed by atoms with E-state index < -0.39 is 5.79 Å². The van der Waals surface area contributed by atoms with Gasteiger partial charge in [0.15, 0.2) is 0 Å². The molecule has 272 valence electrons. The molecule has 0 unspecified atom stereocenters. The van der Waals surface area contributed by atoms with Gasteiger partial charge in [-0.15, -0.1) is 30.1 Å². The lowest BCUT2D eigenvalue weighted by Gasteiger charge is -2.58. The minimum Gasteiger partial charge on any atom is -0.493 e. The fourth-order valence-corrected chi connectivity index (χ4v) is 11.3. The van der Waals surface area contributed by atoms with Gasteiger partial charge >= 0.3 is 0 Å². The number of rotatable bonds is 19. The maximum Gasteiger partial charge on any atom is 0.230 e. The van der Waals surface area contributed by atoms with E-state index in [0.717, 1.165) is 67.1 Å². The van der Waals surface area contributed by atoms with Crippen LogP contribution in [0.2, 0.25) is 0 Å². The summed E-state index contributed by atoms with van der Waals surface area (Å²) in [6.45, 7) is 5.41. The summed E-state index contributed by atoms with van der Waals surface area (Å²) in [5.41, 5.74) is 3.33. The highest BCUT2D eigenvalue weighted by molar-refractivity contribution is 8.00. The summed E-state index contributed by atoms with van der Waals surface area (Å²) in [5.74, 6) is 2.19. The van der Waals surface area contributed by atoms with Crippen LogP contribution in [0.25, 0.3) is 0 Å². The molecule has 1 heterocycles. The van der Waals surface area contributed by atoms with Gasteiger partial charge in [0.05, 0.1) is 30.1 Å². The Morgan fingerprint density at radius 2 is 1.80 bits per heavy atom. The summed E-state index contributed by atoms with van der Waals surface area (Å²) in [6, 6.07) is 16.8. The summed E-state index contributed by atoms with van der Waals surface area (Å²) in [4.78, 5) is 6.79. The molecule has 6 atom stereocenters. The summed E-state index contributed by atoms with van der Waals surface area (Å²) in [5, 5.41) is 24.8. The highest BCUT2D eigenvalue weighted by atomic mass is 32.2. The molecule has 7 nitrogen and oxygen atoms in total. The van der Waals surface area contributed by atoms with Crippen molar-refractivity contribution in [3.05, 3.63) is 78.4 Å². The van der Waals surface area contributed by atoms with Crippen LogP contribution in [0.4, 0.5) is 0 Å². The lowest BCUT2D eigenvalue weighted by molar-refractivity contribution is -0.223. The van der Waals surface area contributed by atoms with Crippen LogP contribution in [0.15, 0.2) is 82.9 Å². The van der Waals surface area contributed by atoms with Gasteiger partial charge in [0.1, 0.15) is 18.6 Å². The molecule has 2 N–H and O–H groups in total. The van der Waals surface area contributed by atoms with E-state index in [1.165, 1.54) is 36.2 Å². The maximum absolute atomic E-state index is 9.83. The standard InChI is InChI=1S/C41H55NO6S2/c1-3-23-47-41-38(50-32-16-7-8-17-32)28-36(42-45-2)34-26-29(13-9-11-21-43)33(18-10-12-22-44)39(40(34)41)35-27-30(19-20-37(35)48-41)46-24-25-49-31-14-5-4-6-15-31/h3-6,14-15,19-20,26-27,29,32-33,38-40,43-44H,1,7-13,16-18,21-25,28H2,2H3/t29-,33+,38-,39+,40+,41+/m0/s1. The molecule has 2 saturated carbocycles. The van der Waals surface area contributed by atoms with E-state index in [0.29, 0.717) is 24.9 Å². The third-order valence-corrected chi connectivity index (χ3v) is 13.5. The van der Waals surface area contributed by atoms with Crippen molar-refractivity contribution >= 4 is 29.2 Å². The highest BCUT2D eigenvalue weighted by Gasteiger charge is 2.64. The molecule has 0 aromatic heterocycles. The molecule has 6 rings (SSSR count). The van der Waals surface area contributed by atoms with Gasteiger partial charge in [0, 0.05) is 47.0 Å². The maximum atomic E-state index is 9.83. The van der Waals surface area contributed by atoms with E-state index >= 15 is 0 Å². The van der Waals surface area contributed by atoms with E-state index in [1.807, 2.05) is 30.0 Å². The third-order valence-electron chi connectivity index (χ3n) is 10.8. The van der Waals surface area contributed by atoms with Crippen LogP contribution in [0, 0.1) is 17.8 Å². The molecule has 2 aromatic rings. The lowest BCUT2D eigenvalue weighted by atomic mass is 9.56. The van der Waals surface area contributed by atoms with Crippen LogP contribution in [-0.4, -0.2) is 71.5 Å². The molecule has 2 fully saturated rings. The van der Waals surface area contributed by atoms with Gasteiger partial charge in [-0.3, -0.25) is 0 Å². The number of hydrogen-bond donors (Lipinski definition) is 2. The van der Waals surface area contributed by atoms with Crippen molar-refractivity contribution < 1.29 is 29.3 Å². The zero-order valence-corrected chi connectivity index (χ0v) is 31.2. The summed E-state index contributed by atoms with van der Waals surface area (Å²) in [7, 11) is 1.64. The molecule has 50 heavy (non-hydrogen) atoms. The van der Waals surface area contributed by atoms with E-state index in [9.17, 15) is 10.2 Å². The Labute approximate surface area is 307 Å². The zero-order valence-electron chi connectivity index (χ0n) is 29.5. The number of thioether (sulfide) groups is 2. The second-order valence-electron chi connectivity index (χ2n) is 14.0. The Morgan fingerprint density at radius 1 is 1.02 bits per heavy atom. The van der Waals surface area contributed by atoms with Crippen LogP contribution in [0.3, 0.4) is 0 Å². The predicted octanol–water partition coefficient (Wildman–Crippen LogP) is 8.80. The SMILES string of the molecule is C=CCO[C@@]12Oc3ccc(OCCSc4ccccc4)cc3[C@H]3[C@H](CCCCO)[C@@H](CCCCO)C=C(C(=NOC)C[C@@H]1SC1CCCC1)[C@H]32. The second-order valence-corrected chi connectivity index (χ2v) is 16.7. The van der Waals surface area contributed by atoms with Crippen molar-refractivity contribution in [3.8, 4) is 11.5 Å². The Bertz CT molecular complexity index is 1450. The van der Waals surface area contributed by atoms with Crippen LogP contribution in [0.5, 0.6) is 11.5 Å². The highest BCUT2D eigenvalue weighted by Crippen LogP contribution is 2.63. The number of aliphatic hydroxyl groups excluding tert-OH is 2. The number of ether oxygens (including phenoxy) is 3. The zero-order chi connectivity index (χ0) is 34.8. The van der Waals surface area contributed by atoms with Crippen LogP contribution < -0.4 is 9.47 Å². The number of benzene rings is 2. The molecular formula is C41H55NO6S2. The topological polar surface area (TPSA) is 89.7 Å². The van der Waals surface area contributed by atoms with E-state index in [4.69, 9.17) is 24.2 Å². The summed E-state index contributed by atoms with van der Waals surface area (Å²) < 4.78 is 20.7. The summed E-state index contributed by atoms with van der Waals surface area (Å²) in [6.07, 6.45) is 15.3. The molecule has 9 heteroatoms. The van der Waals surface area contributed by atoms with Gasteiger partial charge in [0.2, 0.25) is 5.79 Å². The van der Waals surface area contributed by atoms with E-state index in [1.54, 1.807) is 18.9 Å². The van der Waals surface area contributed by atoms with Crippen molar-refractivity contribution in [1.29, 1.82) is 0 Å². The first kappa shape index (κ1) is 37.3. The van der Waals surface area contributed by atoms with Crippen molar-refractivity contribution in [1.82, 2.24) is 0 Å². The number of hydrogen-bond acceptors (Lipinski definition) is 9. The first-order valence-electron chi connectivity index (χ1n) is 18.7. The average Bonchev–Trinajstić information content (AvgIpc) is 3.66. The summed E-state index contributed by atoms with van der Waals surface area (Å²) >= 11 is 3.82. The number of aliphatic hydroxyl groups is 2. The molecule has 0 bridgehead atoms. The van der Waals surface area contributed by atoms with E-state index in [-0.39, 0.29) is 42.1 Å². The molecule has 4 aliphatic rings. The molecule has 0 saturated heterocycles. The smallest absolute Gasteiger partial charge is 0.230 e. The largest absolute Gasteiger partial charge is 0.493 e. The van der Waals surface area contributed by atoms with Crippen molar-refractivity contribution in [2.45, 2.75) is 97.7 Å². The average molecular weight is 722 g/mol. The van der Waals surface area contributed by atoms with Crippen LogP contribution >= 0.6 is 23.5 Å². The number of unbranched alkanes of at least 4 members (excludes halogenated alkanes) is 2. The third kappa shape index (κ3) is 8.44. The number of oxime groups is 1. The molecular weight excluding hydrogens is 667 g/mol. The fourth-order valence-electron chi connectivity index (χ4n) is 8.74. The minimum atomic E-state index is -0.905. The molecule has 0 spiro atoms. The Morgan fingerprint density at radius 3 is 2.54 bits per heavy atom. The Kier molecular flexibility index (Phi) is 13.7. The number of allylic oxidation sites excluding steroid dienone is 1. The molecule has 0 radical (unpaired) electrons. The lowest BCUT2D eigenvalue weighted by Crippen LogP contribution is -2.64. The Hall–Kier alpha value is -2.43. The van der Waals surface area contributed by atoms with Crippen molar-refractivity contribution in [2.75, 3.05) is 39.3 Å². The van der Waals surface area contributed by atoms with E-state index in [2.05, 4.69) is 49.1 Å². The van der Waals surface area contributed by atoms with Gasteiger partial charge in [-0.05, 0) is 86.3 Å². The van der Waals surface area contributed by atoms with Crippen LogP contribution in [0.1, 0.15) is 82.1 Å². The normalized spacial score (nSPS) is 28.0.